The number of pyridine rings is 1. The first kappa shape index (κ1) is 19.6. The van der Waals surface area contributed by atoms with Gasteiger partial charge in [-0.2, -0.15) is 0 Å². The molecule has 0 unspecified atom stereocenters. The van der Waals surface area contributed by atoms with Crippen molar-refractivity contribution in [2.75, 3.05) is 19.6 Å². The highest BCUT2D eigenvalue weighted by Crippen LogP contribution is 2.29. The van der Waals surface area contributed by atoms with E-state index < -0.39 is 0 Å². The topological polar surface area (TPSA) is 63.1 Å². The molecule has 0 radical (unpaired) electrons. The van der Waals surface area contributed by atoms with Crippen molar-refractivity contribution in [1.82, 2.24) is 24.8 Å². The van der Waals surface area contributed by atoms with Gasteiger partial charge in [-0.1, -0.05) is 27.7 Å². The Balaban J connectivity index is 1.68. The molecule has 1 saturated heterocycles. The van der Waals surface area contributed by atoms with Gasteiger partial charge in [0.05, 0.1) is 0 Å². The molecule has 3 rings (SSSR count). The van der Waals surface area contributed by atoms with E-state index in [2.05, 4.69) is 42.6 Å². The molecule has 0 saturated carbocycles. The van der Waals surface area contributed by atoms with E-state index in [0.29, 0.717) is 17.9 Å². The Kier molecular flexibility index (Phi) is 6.34. The van der Waals surface area contributed by atoms with E-state index in [9.17, 15) is 4.79 Å². The van der Waals surface area contributed by atoms with Crippen LogP contribution in [0.15, 0.2) is 18.3 Å². The highest BCUT2D eigenvalue weighted by molar-refractivity contribution is 5.74. The van der Waals surface area contributed by atoms with E-state index in [1.165, 1.54) is 0 Å². The fourth-order valence-corrected chi connectivity index (χ4v) is 3.78. The molecule has 148 valence electrons. The second kappa shape index (κ2) is 8.72. The van der Waals surface area contributed by atoms with Gasteiger partial charge < -0.3 is 14.8 Å². The van der Waals surface area contributed by atoms with Gasteiger partial charge in [-0.3, -0.25) is 0 Å². The number of likely N-dealkylation sites (tertiary alicyclic amines) is 1. The molecule has 27 heavy (non-hydrogen) atoms. The summed E-state index contributed by atoms with van der Waals surface area (Å²) < 4.78 is 2.34. The number of hydrogen-bond acceptors (Lipinski definition) is 3. The molecule has 2 aromatic rings. The van der Waals surface area contributed by atoms with Crippen molar-refractivity contribution in [2.45, 2.75) is 59.4 Å². The van der Waals surface area contributed by atoms with Crippen LogP contribution in [0.5, 0.6) is 0 Å². The van der Waals surface area contributed by atoms with Crippen LogP contribution in [0, 0.1) is 11.8 Å². The number of amides is 2. The van der Waals surface area contributed by atoms with E-state index in [0.717, 1.165) is 62.3 Å². The van der Waals surface area contributed by atoms with Gasteiger partial charge in [-0.05, 0) is 43.2 Å². The van der Waals surface area contributed by atoms with Crippen LogP contribution in [0.4, 0.5) is 4.79 Å². The normalized spacial score (nSPS) is 15.9. The van der Waals surface area contributed by atoms with Crippen molar-refractivity contribution in [2.24, 2.45) is 11.8 Å². The van der Waals surface area contributed by atoms with Crippen LogP contribution in [0.3, 0.4) is 0 Å². The fourth-order valence-electron chi connectivity index (χ4n) is 3.78. The van der Waals surface area contributed by atoms with Crippen LogP contribution in [0.1, 0.15) is 58.8 Å². The predicted octanol–water partition coefficient (Wildman–Crippen LogP) is 4.02. The molecule has 0 aliphatic carbocycles. The molecule has 3 heterocycles. The molecule has 1 aliphatic rings. The minimum atomic E-state index is 0.0742. The molecule has 0 atom stereocenters. The van der Waals surface area contributed by atoms with E-state index in [4.69, 9.17) is 4.98 Å². The summed E-state index contributed by atoms with van der Waals surface area (Å²) in [5, 5.41) is 3.06. The van der Waals surface area contributed by atoms with Crippen LogP contribution in [0.25, 0.3) is 11.2 Å². The van der Waals surface area contributed by atoms with Gasteiger partial charge in [-0.25, -0.2) is 14.8 Å². The minimum Gasteiger partial charge on any atom is -0.338 e. The van der Waals surface area contributed by atoms with E-state index >= 15 is 0 Å². The quantitative estimate of drug-likeness (QED) is 0.834. The molecule has 0 spiro atoms. The van der Waals surface area contributed by atoms with Crippen LogP contribution in [-0.2, 0) is 6.42 Å². The molecule has 1 aliphatic heterocycles. The Morgan fingerprint density at radius 3 is 2.63 bits per heavy atom. The summed E-state index contributed by atoms with van der Waals surface area (Å²) in [6.07, 6.45) is 5.71. The summed E-state index contributed by atoms with van der Waals surface area (Å²) >= 11 is 0. The molecule has 1 fully saturated rings. The van der Waals surface area contributed by atoms with Crippen molar-refractivity contribution in [1.29, 1.82) is 0 Å². The zero-order chi connectivity index (χ0) is 19.4. The number of hydrogen-bond donors (Lipinski definition) is 1. The lowest BCUT2D eigenvalue weighted by atomic mass is 10.0. The highest BCUT2D eigenvalue weighted by Gasteiger charge is 2.27. The Morgan fingerprint density at radius 1 is 1.22 bits per heavy atom. The van der Waals surface area contributed by atoms with Crippen LogP contribution < -0.4 is 5.32 Å². The number of carbonyl (C=O) groups excluding carboxylic acids is 1. The molecule has 2 aromatic heterocycles. The number of imidazole rings is 1. The molecule has 0 aromatic carbocycles. The van der Waals surface area contributed by atoms with E-state index in [-0.39, 0.29) is 6.03 Å². The number of aromatic nitrogens is 3. The molecule has 1 N–H and O–H groups in total. The number of urea groups is 1. The maximum atomic E-state index is 12.4. The number of piperidine rings is 1. The van der Waals surface area contributed by atoms with Crippen molar-refractivity contribution < 1.29 is 4.79 Å². The Morgan fingerprint density at radius 2 is 1.96 bits per heavy atom. The van der Waals surface area contributed by atoms with Crippen LogP contribution >= 0.6 is 0 Å². The second-order valence-electron chi connectivity index (χ2n) is 8.47. The highest BCUT2D eigenvalue weighted by atomic mass is 16.2. The zero-order valence-corrected chi connectivity index (χ0v) is 17.1. The number of nitrogens with zero attached hydrogens (tertiary/aromatic N) is 4. The standard InChI is InChI=1S/C21H33N5O/c1-15(2)7-11-23-21(27)25-12-8-17(9-13-25)26-19(14-16(3)4)24-18-6-5-10-22-20(18)26/h5-6,10,15-17H,7-9,11-14H2,1-4H3,(H,23,27). The third-order valence-corrected chi connectivity index (χ3v) is 5.23. The van der Waals surface area contributed by atoms with Crippen molar-refractivity contribution in [3.63, 3.8) is 0 Å². The number of nitrogens with one attached hydrogen (secondary N) is 1. The third kappa shape index (κ3) is 4.79. The average Bonchev–Trinajstić information content (AvgIpc) is 2.98. The van der Waals surface area contributed by atoms with Gasteiger partial charge in [0.25, 0.3) is 0 Å². The molecular formula is C21H33N5O. The molecule has 0 bridgehead atoms. The summed E-state index contributed by atoms with van der Waals surface area (Å²) in [7, 11) is 0. The molecule has 6 nitrogen and oxygen atoms in total. The molecular weight excluding hydrogens is 338 g/mol. The van der Waals surface area contributed by atoms with Crippen LogP contribution in [-0.4, -0.2) is 45.1 Å². The average molecular weight is 372 g/mol. The lowest BCUT2D eigenvalue weighted by Gasteiger charge is -2.33. The van der Waals surface area contributed by atoms with Gasteiger partial charge in [0.15, 0.2) is 5.65 Å². The predicted molar refractivity (Wildman–Crippen MR) is 109 cm³/mol. The number of carbonyl (C=O) groups is 1. The van der Waals surface area contributed by atoms with Gasteiger partial charge in [-0.15, -0.1) is 0 Å². The first-order valence-corrected chi connectivity index (χ1v) is 10.3. The first-order chi connectivity index (χ1) is 13.0. The van der Waals surface area contributed by atoms with Gasteiger partial charge >= 0.3 is 6.03 Å². The SMILES string of the molecule is CC(C)CCNC(=O)N1CCC(n2c(CC(C)C)nc3cccnc32)CC1. The Hall–Kier alpha value is -2.11. The maximum absolute atomic E-state index is 12.4. The lowest BCUT2D eigenvalue weighted by Crippen LogP contribution is -2.45. The van der Waals surface area contributed by atoms with Crippen LogP contribution in [0.2, 0.25) is 0 Å². The maximum Gasteiger partial charge on any atom is 0.317 e. The fraction of sp³-hybridized carbons (Fsp3) is 0.667. The summed E-state index contributed by atoms with van der Waals surface area (Å²) in [4.78, 5) is 23.8. The largest absolute Gasteiger partial charge is 0.338 e. The lowest BCUT2D eigenvalue weighted by molar-refractivity contribution is 0.171. The Bertz CT molecular complexity index is 759. The number of rotatable bonds is 6. The minimum absolute atomic E-state index is 0.0742. The zero-order valence-electron chi connectivity index (χ0n) is 17.1. The van der Waals surface area contributed by atoms with E-state index in [1.54, 1.807) is 0 Å². The third-order valence-electron chi connectivity index (χ3n) is 5.23. The molecule has 2 amide bonds. The summed E-state index contributed by atoms with van der Waals surface area (Å²) in [6.45, 7) is 11.1. The Labute approximate surface area is 162 Å². The summed E-state index contributed by atoms with van der Waals surface area (Å²) in [5.41, 5.74) is 1.95. The summed E-state index contributed by atoms with van der Waals surface area (Å²) in [6, 6.07) is 4.42. The molecule has 6 heteroatoms. The number of fused-ring (bicyclic) bond motifs is 1. The smallest absolute Gasteiger partial charge is 0.317 e. The van der Waals surface area contributed by atoms with Crippen molar-refractivity contribution in [3.8, 4) is 0 Å². The monoisotopic (exact) mass is 371 g/mol. The van der Waals surface area contributed by atoms with Gasteiger partial charge in [0.2, 0.25) is 0 Å². The first-order valence-electron chi connectivity index (χ1n) is 10.3. The van der Waals surface area contributed by atoms with Gasteiger partial charge in [0, 0.05) is 38.3 Å². The van der Waals surface area contributed by atoms with Gasteiger partial charge in [0.1, 0.15) is 11.3 Å². The second-order valence-corrected chi connectivity index (χ2v) is 8.47. The van der Waals surface area contributed by atoms with E-state index in [1.807, 2.05) is 23.2 Å². The summed E-state index contributed by atoms with van der Waals surface area (Å²) in [5.74, 6) is 2.28. The van der Waals surface area contributed by atoms with Crippen molar-refractivity contribution >= 4 is 17.2 Å². The van der Waals surface area contributed by atoms with Crippen molar-refractivity contribution in [3.05, 3.63) is 24.2 Å².